The summed E-state index contributed by atoms with van der Waals surface area (Å²) in [4.78, 5) is 39.7. The molecule has 3 amide bonds. The molecule has 1 unspecified atom stereocenters. The van der Waals surface area contributed by atoms with Crippen molar-refractivity contribution in [2.75, 3.05) is 11.4 Å². The molecule has 1 atom stereocenters. The van der Waals surface area contributed by atoms with E-state index in [4.69, 9.17) is 0 Å². The molecule has 1 aliphatic heterocycles. The molecule has 2 heterocycles. The van der Waals surface area contributed by atoms with Gasteiger partial charge in [-0.3, -0.25) is 24.1 Å². The van der Waals surface area contributed by atoms with Crippen molar-refractivity contribution in [1.29, 1.82) is 0 Å². The number of nitrogens with zero attached hydrogens (tertiary/aromatic N) is 4. The number of carbonyl (C=O) groups excluding carboxylic acids is 2. The van der Waals surface area contributed by atoms with Crippen molar-refractivity contribution in [2.24, 2.45) is 13.0 Å². The molecule has 0 aliphatic carbocycles. The second-order valence-electron chi connectivity index (χ2n) is 7.81. The molecule has 0 radical (unpaired) electrons. The molecule has 1 aliphatic rings. The summed E-state index contributed by atoms with van der Waals surface area (Å²) in [6, 6.07) is 7.62. The maximum Gasteiger partial charge on any atom is 0.416 e. The Hall–Kier alpha value is -3.89. The highest BCUT2D eigenvalue weighted by atomic mass is 19.4. The monoisotopic (exact) mass is 460 g/mol. The second kappa shape index (κ2) is 7.91. The van der Waals surface area contributed by atoms with Crippen LogP contribution in [0.1, 0.15) is 16.7 Å². The van der Waals surface area contributed by atoms with E-state index in [9.17, 15) is 32.7 Å². The van der Waals surface area contributed by atoms with Crippen LogP contribution < -0.4 is 4.90 Å². The number of carboxylic acids is 1. The van der Waals surface area contributed by atoms with E-state index in [-0.39, 0.29) is 11.1 Å². The number of halogens is 3. The highest BCUT2D eigenvalue weighted by molar-refractivity contribution is 6.12. The normalized spacial score (nSPS) is 17.2. The Morgan fingerprint density at radius 2 is 1.94 bits per heavy atom. The van der Waals surface area contributed by atoms with E-state index < -0.39 is 48.7 Å². The lowest BCUT2D eigenvalue weighted by Crippen LogP contribution is -2.58. The molecule has 3 aromatic rings. The van der Waals surface area contributed by atoms with Gasteiger partial charge in [0.2, 0.25) is 5.91 Å². The van der Waals surface area contributed by atoms with Crippen molar-refractivity contribution in [1.82, 2.24) is 14.7 Å². The average molecular weight is 460 g/mol. The lowest BCUT2D eigenvalue weighted by molar-refractivity contribution is -0.150. The first kappa shape index (κ1) is 22.3. The summed E-state index contributed by atoms with van der Waals surface area (Å²) in [5.74, 6) is -3.95. The van der Waals surface area contributed by atoms with E-state index in [1.54, 1.807) is 36.1 Å². The molecule has 0 spiro atoms. The third kappa shape index (κ3) is 3.90. The van der Waals surface area contributed by atoms with Crippen LogP contribution >= 0.6 is 0 Å². The Kier molecular flexibility index (Phi) is 5.35. The van der Waals surface area contributed by atoms with Crippen molar-refractivity contribution in [3.8, 4) is 0 Å². The fraction of sp³-hybridized carbons (Fsp3) is 0.273. The molecule has 0 bridgehead atoms. The van der Waals surface area contributed by atoms with Crippen molar-refractivity contribution in [3.63, 3.8) is 0 Å². The van der Waals surface area contributed by atoms with Gasteiger partial charge in [0.1, 0.15) is 0 Å². The van der Waals surface area contributed by atoms with E-state index in [2.05, 4.69) is 5.10 Å². The highest BCUT2D eigenvalue weighted by Crippen LogP contribution is 2.34. The maximum atomic E-state index is 13.3. The first-order chi connectivity index (χ1) is 15.5. The molecule has 8 nitrogen and oxygen atoms in total. The number of fused-ring (bicyclic) bond motifs is 1. The summed E-state index contributed by atoms with van der Waals surface area (Å²) in [5, 5.41) is 14.4. The number of aromatic nitrogens is 2. The van der Waals surface area contributed by atoms with Crippen molar-refractivity contribution < 1.29 is 32.7 Å². The molecule has 1 fully saturated rings. The Bertz CT molecular complexity index is 1280. The number of hydrogen-bond donors (Lipinski definition) is 1. The predicted octanol–water partition coefficient (Wildman–Crippen LogP) is 3.57. The fourth-order valence-electron chi connectivity index (χ4n) is 3.96. The van der Waals surface area contributed by atoms with Crippen molar-refractivity contribution in [2.45, 2.75) is 19.6 Å². The van der Waals surface area contributed by atoms with Gasteiger partial charge >= 0.3 is 18.2 Å². The Labute approximate surface area is 185 Å². The van der Waals surface area contributed by atoms with Crippen LogP contribution in [-0.4, -0.2) is 44.2 Å². The highest BCUT2D eigenvalue weighted by Gasteiger charge is 2.44. The fourth-order valence-corrected chi connectivity index (χ4v) is 3.96. The number of urea groups is 1. The second-order valence-corrected chi connectivity index (χ2v) is 7.81. The summed E-state index contributed by atoms with van der Waals surface area (Å²) < 4.78 is 41.5. The van der Waals surface area contributed by atoms with Crippen LogP contribution in [0.15, 0.2) is 42.6 Å². The summed E-state index contributed by atoms with van der Waals surface area (Å²) in [5.41, 5.74) is 0.215. The van der Waals surface area contributed by atoms with E-state index >= 15 is 0 Å². The van der Waals surface area contributed by atoms with E-state index in [0.717, 1.165) is 16.5 Å². The Morgan fingerprint density at radius 1 is 1.21 bits per heavy atom. The number of aliphatic carboxylic acids is 1. The topological polar surface area (TPSA) is 95.7 Å². The number of carboxylic acid groups (broad SMARTS) is 1. The van der Waals surface area contributed by atoms with Gasteiger partial charge in [0.15, 0.2) is 5.92 Å². The maximum absolute atomic E-state index is 13.3. The van der Waals surface area contributed by atoms with Gasteiger partial charge in [0, 0.05) is 24.7 Å². The number of anilines is 1. The Balaban J connectivity index is 1.73. The first-order valence-corrected chi connectivity index (χ1v) is 9.92. The molecule has 11 heteroatoms. The SMILES string of the molecule is Cc1c(CN2C(=O)C(C(=O)O)CN(c3ccc4c(cnn4C)c3)C2=O)cccc1C(F)(F)F. The number of alkyl halides is 3. The molecule has 172 valence electrons. The van der Waals surface area contributed by atoms with Gasteiger partial charge < -0.3 is 5.11 Å². The molecule has 4 rings (SSSR count). The zero-order valence-corrected chi connectivity index (χ0v) is 17.6. The van der Waals surface area contributed by atoms with Crippen LogP contribution in [0.2, 0.25) is 0 Å². The minimum Gasteiger partial charge on any atom is -0.481 e. The standard InChI is InChI=1S/C22H19F3N4O4/c1-12-13(4-3-5-17(12)22(23,24)25)10-29-19(30)16(20(31)32)11-28(21(29)33)15-6-7-18-14(8-15)9-26-27(18)2/h3-9,16H,10-11H2,1-2H3,(H,31,32). The van der Waals surface area contributed by atoms with Crippen LogP contribution in [0, 0.1) is 12.8 Å². The quantitative estimate of drug-likeness (QED) is 0.601. The molecule has 33 heavy (non-hydrogen) atoms. The largest absolute Gasteiger partial charge is 0.481 e. The van der Waals surface area contributed by atoms with Gasteiger partial charge in [-0.15, -0.1) is 0 Å². The zero-order chi connectivity index (χ0) is 24.1. The first-order valence-electron chi connectivity index (χ1n) is 9.92. The van der Waals surface area contributed by atoms with Crippen LogP contribution in [0.25, 0.3) is 10.9 Å². The number of hydrogen-bond acceptors (Lipinski definition) is 4. The van der Waals surface area contributed by atoms with Gasteiger partial charge in [-0.2, -0.15) is 18.3 Å². The molecular formula is C22H19F3N4O4. The van der Waals surface area contributed by atoms with Gasteiger partial charge in [0.25, 0.3) is 0 Å². The van der Waals surface area contributed by atoms with Gasteiger partial charge in [-0.1, -0.05) is 12.1 Å². The van der Waals surface area contributed by atoms with E-state index in [0.29, 0.717) is 16.0 Å². The number of rotatable bonds is 4. The number of aryl methyl sites for hydroxylation is 1. The summed E-state index contributed by atoms with van der Waals surface area (Å²) in [6.45, 7) is 0.375. The van der Waals surface area contributed by atoms with Gasteiger partial charge in [0.05, 0.1) is 23.8 Å². The third-order valence-corrected chi connectivity index (χ3v) is 5.81. The van der Waals surface area contributed by atoms with Crippen molar-refractivity contribution in [3.05, 3.63) is 59.3 Å². The zero-order valence-electron chi connectivity index (χ0n) is 17.6. The summed E-state index contributed by atoms with van der Waals surface area (Å²) in [6.07, 6.45) is -3.03. The molecule has 2 aromatic carbocycles. The number of amides is 3. The lowest BCUT2D eigenvalue weighted by atomic mass is 9.99. The number of benzene rings is 2. The van der Waals surface area contributed by atoms with Crippen LogP contribution in [-0.2, 0) is 29.4 Å². The van der Waals surface area contributed by atoms with Crippen LogP contribution in [0.4, 0.5) is 23.7 Å². The van der Waals surface area contributed by atoms with Gasteiger partial charge in [-0.25, -0.2) is 4.79 Å². The Morgan fingerprint density at radius 3 is 2.61 bits per heavy atom. The molecule has 0 saturated carbocycles. The number of imide groups is 1. The smallest absolute Gasteiger partial charge is 0.416 e. The molecule has 1 aromatic heterocycles. The third-order valence-electron chi connectivity index (χ3n) is 5.81. The minimum absolute atomic E-state index is 0.0974. The number of carbonyl (C=O) groups is 3. The van der Waals surface area contributed by atoms with Crippen LogP contribution in [0.3, 0.4) is 0 Å². The molecular weight excluding hydrogens is 441 g/mol. The van der Waals surface area contributed by atoms with Gasteiger partial charge in [-0.05, 0) is 42.3 Å². The predicted molar refractivity (Wildman–Crippen MR) is 111 cm³/mol. The molecule has 1 N–H and O–H groups in total. The minimum atomic E-state index is -4.61. The average Bonchev–Trinajstić information content (AvgIpc) is 3.11. The summed E-state index contributed by atoms with van der Waals surface area (Å²) >= 11 is 0. The van der Waals surface area contributed by atoms with Crippen LogP contribution in [0.5, 0.6) is 0 Å². The molecule has 1 saturated heterocycles. The summed E-state index contributed by atoms with van der Waals surface area (Å²) in [7, 11) is 1.74. The van der Waals surface area contributed by atoms with E-state index in [1.807, 2.05) is 0 Å². The van der Waals surface area contributed by atoms with Crippen molar-refractivity contribution >= 4 is 34.5 Å². The van der Waals surface area contributed by atoms with E-state index in [1.165, 1.54) is 19.1 Å². The lowest BCUT2D eigenvalue weighted by Gasteiger charge is -2.37.